The summed E-state index contributed by atoms with van der Waals surface area (Å²) in [6.07, 6.45) is 2.00. The van der Waals surface area contributed by atoms with Crippen LogP contribution >= 0.6 is 0 Å². The Morgan fingerprint density at radius 1 is 0.972 bits per heavy atom. The zero-order valence-electron chi connectivity index (χ0n) is 21.1. The third-order valence-electron chi connectivity index (χ3n) is 5.69. The normalized spacial score (nSPS) is 12.1. The molecule has 190 valence electrons. The molecule has 0 heterocycles. The summed E-state index contributed by atoms with van der Waals surface area (Å²) in [5.41, 5.74) is 5.50. The Morgan fingerprint density at radius 3 is 2.19 bits per heavy atom. The average molecular weight is 508 g/mol. The first-order chi connectivity index (χ1) is 17.1. The van der Waals surface area contributed by atoms with Gasteiger partial charge in [-0.25, -0.2) is 13.8 Å². The van der Waals surface area contributed by atoms with Gasteiger partial charge in [0.2, 0.25) is 10.0 Å². The van der Waals surface area contributed by atoms with Crippen molar-refractivity contribution in [1.82, 2.24) is 9.73 Å². The van der Waals surface area contributed by atoms with E-state index >= 15 is 0 Å². The maximum atomic E-state index is 13.4. The van der Waals surface area contributed by atoms with Crippen molar-refractivity contribution >= 4 is 22.1 Å². The Kier molecular flexibility index (Phi) is 9.01. The van der Waals surface area contributed by atoms with E-state index in [0.29, 0.717) is 12.2 Å². The monoisotopic (exact) mass is 507 g/mol. The van der Waals surface area contributed by atoms with Crippen molar-refractivity contribution in [2.75, 3.05) is 20.2 Å². The second-order valence-electron chi connectivity index (χ2n) is 9.41. The van der Waals surface area contributed by atoms with Crippen molar-refractivity contribution in [1.29, 1.82) is 0 Å². The fourth-order valence-corrected chi connectivity index (χ4v) is 4.92. The molecule has 0 aliphatic carbocycles. The van der Waals surface area contributed by atoms with Gasteiger partial charge in [0.25, 0.3) is 5.91 Å². The molecule has 0 unspecified atom stereocenters. The van der Waals surface area contributed by atoms with E-state index in [4.69, 9.17) is 4.74 Å². The zero-order chi connectivity index (χ0) is 26.2. The standard InChI is InChI=1S/C28H33N3O4S/c1-28(2,3)24-12-10-23(11-13-24)20-29-30-27(32)21-31(19-18-22-8-6-5-7-9-22)36(33,34)26-16-14-25(35-4)15-17-26/h5-17,20H,18-19,21H2,1-4H3,(H,30,32)/b29-20+. The first-order valence-corrected chi connectivity index (χ1v) is 13.1. The summed E-state index contributed by atoms with van der Waals surface area (Å²) in [6.45, 7) is 6.20. The lowest BCUT2D eigenvalue weighted by atomic mass is 9.87. The third kappa shape index (κ3) is 7.50. The van der Waals surface area contributed by atoms with Gasteiger partial charge in [0.05, 0.1) is 24.8 Å². The van der Waals surface area contributed by atoms with E-state index in [1.165, 1.54) is 35.3 Å². The first kappa shape index (κ1) is 27.1. The molecule has 0 aliphatic rings. The molecular formula is C28H33N3O4S. The molecule has 0 spiro atoms. The zero-order valence-corrected chi connectivity index (χ0v) is 22.0. The van der Waals surface area contributed by atoms with Crippen LogP contribution in [0.3, 0.4) is 0 Å². The molecule has 0 bridgehead atoms. The van der Waals surface area contributed by atoms with Gasteiger partial charge in [-0.2, -0.15) is 9.41 Å². The van der Waals surface area contributed by atoms with Crippen LogP contribution in [0.5, 0.6) is 5.75 Å². The fourth-order valence-electron chi connectivity index (χ4n) is 3.52. The number of rotatable bonds is 10. The highest BCUT2D eigenvalue weighted by Crippen LogP contribution is 2.22. The van der Waals surface area contributed by atoms with Gasteiger partial charge < -0.3 is 4.74 Å². The van der Waals surface area contributed by atoms with Gasteiger partial charge in [0.1, 0.15) is 5.75 Å². The van der Waals surface area contributed by atoms with Crippen LogP contribution in [0.15, 0.2) is 88.9 Å². The van der Waals surface area contributed by atoms with Crippen molar-refractivity contribution < 1.29 is 17.9 Å². The summed E-state index contributed by atoms with van der Waals surface area (Å²) in [4.78, 5) is 12.8. The quantitative estimate of drug-likeness (QED) is 0.326. The van der Waals surface area contributed by atoms with Gasteiger partial charge in [0.15, 0.2) is 0 Å². The van der Waals surface area contributed by atoms with Crippen molar-refractivity contribution in [3.8, 4) is 5.75 Å². The van der Waals surface area contributed by atoms with E-state index in [2.05, 4.69) is 31.3 Å². The molecule has 36 heavy (non-hydrogen) atoms. The second-order valence-corrected chi connectivity index (χ2v) is 11.4. The Morgan fingerprint density at radius 2 is 1.61 bits per heavy atom. The largest absolute Gasteiger partial charge is 0.497 e. The number of carbonyl (C=O) groups is 1. The molecule has 3 aromatic rings. The lowest BCUT2D eigenvalue weighted by molar-refractivity contribution is -0.121. The van der Waals surface area contributed by atoms with Gasteiger partial charge in [-0.15, -0.1) is 0 Å². The van der Waals surface area contributed by atoms with E-state index in [9.17, 15) is 13.2 Å². The molecule has 0 radical (unpaired) electrons. The number of hydrogen-bond acceptors (Lipinski definition) is 5. The molecule has 0 aliphatic heterocycles. The van der Waals surface area contributed by atoms with Gasteiger partial charge >= 0.3 is 0 Å². The van der Waals surface area contributed by atoms with E-state index in [1.807, 2.05) is 54.6 Å². The number of amides is 1. The fraction of sp³-hybridized carbons (Fsp3) is 0.286. The Bertz CT molecular complexity index is 1270. The Hall–Kier alpha value is -3.49. The molecule has 8 heteroatoms. The Labute approximate surface area is 213 Å². The third-order valence-corrected chi connectivity index (χ3v) is 7.55. The number of nitrogens with zero attached hydrogens (tertiary/aromatic N) is 2. The second kappa shape index (κ2) is 12.0. The van der Waals surface area contributed by atoms with Crippen LogP contribution in [0.2, 0.25) is 0 Å². The van der Waals surface area contributed by atoms with E-state index in [1.54, 1.807) is 12.1 Å². The molecule has 1 amide bonds. The van der Waals surface area contributed by atoms with Crippen molar-refractivity contribution in [3.05, 3.63) is 95.6 Å². The van der Waals surface area contributed by atoms with Crippen LogP contribution in [0.4, 0.5) is 0 Å². The summed E-state index contributed by atoms with van der Waals surface area (Å²) in [6, 6.07) is 23.6. The average Bonchev–Trinajstić information content (AvgIpc) is 2.87. The maximum absolute atomic E-state index is 13.4. The summed E-state index contributed by atoms with van der Waals surface area (Å²) >= 11 is 0. The van der Waals surface area contributed by atoms with Crippen LogP contribution in [-0.4, -0.2) is 45.0 Å². The van der Waals surface area contributed by atoms with Crippen LogP contribution < -0.4 is 10.2 Å². The molecule has 7 nitrogen and oxygen atoms in total. The van der Waals surface area contributed by atoms with Crippen LogP contribution in [0, 0.1) is 0 Å². The maximum Gasteiger partial charge on any atom is 0.255 e. The molecule has 0 fully saturated rings. The highest BCUT2D eigenvalue weighted by atomic mass is 32.2. The summed E-state index contributed by atoms with van der Waals surface area (Å²) < 4.78 is 33.0. The summed E-state index contributed by atoms with van der Waals surface area (Å²) in [5, 5.41) is 4.02. The topological polar surface area (TPSA) is 88.1 Å². The predicted molar refractivity (Wildman–Crippen MR) is 143 cm³/mol. The molecule has 3 aromatic carbocycles. The van der Waals surface area contributed by atoms with Gasteiger partial charge in [0, 0.05) is 6.54 Å². The number of methoxy groups -OCH3 is 1. The van der Waals surface area contributed by atoms with Gasteiger partial charge in [-0.05, 0) is 52.8 Å². The number of nitrogens with one attached hydrogen (secondary N) is 1. The van der Waals surface area contributed by atoms with Crippen molar-refractivity contribution in [3.63, 3.8) is 0 Å². The van der Waals surface area contributed by atoms with Gasteiger partial charge in [-0.3, -0.25) is 4.79 Å². The number of hydrogen-bond donors (Lipinski definition) is 1. The summed E-state index contributed by atoms with van der Waals surface area (Å²) in [7, 11) is -2.41. The number of ether oxygens (including phenoxy) is 1. The van der Waals surface area contributed by atoms with Gasteiger partial charge in [-0.1, -0.05) is 75.4 Å². The van der Waals surface area contributed by atoms with E-state index < -0.39 is 15.9 Å². The molecule has 0 saturated heterocycles. The van der Waals surface area contributed by atoms with Crippen molar-refractivity contribution in [2.45, 2.75) is 37.5 Å². The highest BCUT2D eigenvalue weighted by Gasteiger charge is 2.26. The smallest absolute Gasteiger partial charge is 0.255 e. The summed E-state index contributed by atoms with van der Waals surface area (Å²) in [5.74, 6) is 0.0232. The van der Waals surface area contributed by atoms with Crippen LogP contribution in [0.25, 0.3) is 0 Å². The highest BCUT2D eigenvalue weighted by molar-refractivity contribution is 7.89. The SMILES string of the molecule is COc1ccc(S(=O)(=O)N(CCc2ccccc2)CC(=O)N/N=C/c2ccc(C(C)(C)C)cc2)cc1. The van der Waals surface area contributed by atoms with Crippen molar-refractivity contribution in [2.24, 2.45) is 5.10 Å². The minimum absolute atomic E-state index is 0.0441. The molecular weight excluding hydrogens is 474 g/mol. The minimum atomic E-state index is -3.92. The number of hydrazone groups is 1. The van der Waals surface area contributed by atoms with E-state index in [0.717, 1.165) is 11.1 Å². The number of carbonyl (C=O) groups excluding carboxylic acids is 1. The number of sulfonamides is 1. The number of benzene rings is 3. The molecule has 3 rings (SSSR count). The van der Waals surface area contributed by atoms with E-state index in [-0.39, 0.29) is 23.4 Å². The molecule has 1 N–H and O–H groups in total. The Balaban J connectivity index is 1.71. The van der Waals surface area contributed by atoms with Crippen LogP contribution in [0.1, 0.15) is 37.5 Å². The lowest BCUT2D eigenvalue weighted by Gasteiger charge is -2.21. The minimum Gasteiger partial charge on any atom is -0.497 e. The molecule has 0 saturated carbocycles. The predicted octanol–water partition coefficient (Wildman–Crippen LogP) is 4.38. The molecule has 0 atom stereocenters. The first-order valence-electron chi connectivity index (χ1n) is 11.7. The molecule has 0 aromatic heterocycles. The van der Waals surface area contributed by atoms with Crippen LogP contribution in [-0.2, 0) is 26.7 Å². The lowest BCUT2D eigenvalue weighted by Crippen LogP contribution is -2.40.